The summed E-state index contributed by atoms with van der Waals surface area (Å²) in [5.41, 5.74) is 0. The average Bonchev–Trinajstić information content (AvgIpc) is 3.34. The molecular weight excluding hydrogens is 432 g/mol. The molecule has 0 bridgehead atoms. The van der Waals surface area contributed by atoms with E-state index in [2.05, 4.69) is 32.3 Å². The van der Waals surface area contributed by atoms with Crippen LogP contribution in [0.2, 0.25) is 0 Å². The van der Waals surface area contributed by atoms with Crippen molar-refractivity contribution in [2.45, 2.75) is 36.6 Å². The highest BCUT2D eigenvalue weighted by molar-refractivity contribution is 7.99. The number of rotatable bonds is 8. The molecule has 1 aliphatic carbocycles. The van der Waals surface area contributed by atoms with Gasteiger partial charge in [-0.1, -0.05) is 30.0 Å². The van der Waals surface area contributed by atoms with Gasteiger partial charge in [0.15, 0.2) is 22.8 Å². The minimum atomic E-state index is -0.179. The second kappa shape index (κ2) is 8.92. The smallest absolute Gasteiger partial charge is 0.232 e. The number of thioether (sulfide) groups is 1. The van der Waals surface area contributed by atoms with Crippen LogP contribution in [0.25, 0.3) is 0 Å². The molecule has 5 rings (SSSR count). The Morgan fingerprint density at radius 2 is 2.06 bits per heavy atom. The van der Waals surface area contributed by atoms with Crippen LogP contribution in [-0.2, 0) is 11.2 Å². The van der Waals surface area contributed by atoms with Crippen LogP contribution in [0.1, 0.15) is 29.6 Å². The van der Waals surface area contributed by atoms with Gasteiger partial charge in [-0.05, 0) is 36.4 Å². The lowest BCUT2D eigenvalue weighted by atomic mass is 10.2. The van der Waals surface area contributed by atoms with Gasteiger partial charge in [-0.2, -0.15) is 0 Å². The fraction of sp³-hybridized carbons (Fsp3) is 0.409. The van der Waals surface area contributed by atoms with Crippen LogP contribution in [-0.4, -0.2) is 57.6 Å². The van der Waals surface area contributed by atoms with E-state index in [-0.39, 0.29) is 12.0 Å². The van der Waals surface area contributed by atoms with E-state index in [1.807, 2.05) is 24.3 Å². The fourth-order valence-corrected chi connectivity index (χ4v) is 5.26. The van der Waals surface area contributed by atoms with Crippen LogP contribution in [0.4, 0.5) is 0 Å². The maximum absolute atomic E-state index is 12.7. The highest BCUT2D eigenvalue weighted by Gasteiger charge is 2.30. The molecule has 3 heterocycles. The molecular formula is C22H24N4O3S2. The van der Waals surface area contributed by atoms with E-state index < -0.39 is 0 Å². The molecule has 7 nitrogen and oxygen atoms in total. The second-order valence-electron chi connectivity index (χ2n) is 7.82. The number of hydrogen-bond acceptors (Lipinski definition) is 7. The predicted molar refractivity (Wildman–Crippen MR) is 120 cm³/mol. The molecule has 0 spiro atoms. The Kier molecular flexibility index (Phi) is 5.87. The molecule has 0 N–H and O–H groups in total. The third-order valence-corrected chi connectivity index (χ3v) is 7.16. The Bertz CT molecular complexity index is 1050. The maximum Gasteiger partial charge on any atom is 0.232 e. The van der Waals surface area contributed by atoms with Crippen LogP contribution in [0.3, 0.4) is 0 Å². The molecule has 1 saturated carbocycles. The highest BCUT2D eigenvalue weighted by Crippen LogP contribution is 2.39. The molecule has 3 aromatic rings. The number of aromatic nitrogens is 3. The van der Waals surface area contributed by atoms with E-state index in [1.54, 1.807) is 23.3 Å². The number of amides is 1. The Balaban J connectivity index is 1.17. The third kappa shape index (κ3) is 4.72. The van der Waals surface area contributed by atoms with Crippen LogP contribution in [0.15, 0.2) is 46.9 Å². The van der Waals surface area contributed by atoms with Gasteiger partial charge in [0.1, 0.15) is 12.4 Å². The fourth-order valence-electron chi connectivity index (χ4n) is 3.59. The number of fused-ring (bicyclic) bond motifs is 1. The minimum absolute atomic E-state index is 0.0395. The normalized spacial score (nSPS) is 17.5. The molecule has 0 radical (unpaired) electrons. The summed E-state index contributed by atoms with van der Waals surface area (Å²) in [5.74, 6) is 2.83. The first-order valence-corrected chi connectivity index (χ1v) is 12.3. The number of benzene rings is 1. The van der Waals surface area contributed by atoms with Crippen LogP contribution < -0.4 is 9.47 Å². The molecule has 1 aromatic carbocycles. The second-order valence-corrected chi connectivity index (χ2v) is 9.79. The van der Waals surface area contributed by atoms with Crippen molar-refractivity contribution in [3.8, 4) is 11.5 Å². The van der Waals surface area contributed by atoms with Crippen molar-refractivity contribution < 1.29 is 14.3 Å². The molecule has 2 aromatic heterocycles. The number of nitrogens with zero attached hydrogens (tertiary/aromatic N) is 4. The minimum Gasteiger partial charge on any atom is -0.486 e. The molecule has 9 heteroatoms. The number of hydrogen-bond donors (Lipinski definition) is 0. The number of likely N-dealkylation sites (N-methyl/N-ethyl adjacent to an activating group) is 1. The van der Waals surface area contributed by atoms with E-state index in [0.29, 0.717) is 24.9 Å². The van der Waals surface area contributed by atoms with E-state index >= 15 is 0 Å². The van der Waals surface area contributed by atoms with E-state index in [4.69, 9.17) is 9.47 Å². The summed E-state index contributed by atoms with van der Waals surface area (Å²) < 4.78 is 14.0. The molecule has 162 valence electrons. The van der Waals surface area contributed by atoms with Crippen molar-refractivity contribution in [1.29, 1.82) is 0 Å². The Morgan fingerprint density at radius 1 is 1.23 bits per heavy atom. The number of para-hydroxylation sites is 2. The monoisotopic (exact) mass is 456 g/mol. The van der Waals surface area contributed by atoms with Gasteiger partial charge in [-0.3, -0.25) is 4.79 Å². The lowest BCUT2D eigenvalue weighted by Crippen LogP contribution is -2.42. The first-order chi connectivity index (χ1) is 15.2. The first-order valence-electron chi connectivity index (χ1n) is 10.4. The number of ether oxygens (including phenoxy) is 2. The number of thiophene rings is 1. The Labute approximate surface area is 189 Å². The molecule has 1 amide bonds. The van der Waals surface area contributed by atoms with Crippen molar-refractivity contribution in [1.82, 2.24) is 19.7 Å². The van der Waals surface area contributed by atoms with Gasteiger partial charge in [-0.25, -0.2) is 0 Å². The van der Waals surface area contributed by atoms with E-state index in [9.17, 15) is 4.79 Å². The number of carbonyl (C=O) groups is 1. The summed E-state index contributed by atoms with van der Waals surface area (Å²) in [7, 11) is 1.81. The molecule has 1 unspecified atom stereocenters. The molecule has 1 atom stereocenters. The van der Waals surface area contributed by atoms with Gasteiger partial charge < -0.3 is 18.9 Å². The number of carbonyl (C=O) groups excluding carboxylic acids is 1. The van der Waals surface area contributed by atoms with Crippen molar-refractivity contribution in [2.24, 2.45) is 0 Å². The highest BCUT2D eigenvalue weighted by atomic mass is 32.2. The summed E-state index contributed by atoms with van der Waals surface area (Å²) >= 11 is 3.20. The van der Waals surface area contributed by atoms with Crippen LogP contribution in [0.5, 0.6) is 11.5 Å². The topological polar surface area (TPSA) is 69.5 Å². The Morgan fingerprint density at radius 3 is 2.84 bits per heavy atom. The molecule has 2 aliphatic rings. The third-order valence-electron chi connectivity index (χ3n) is 5.36. The summed E-state index contributed by atoms with van der Waals surface area (Å²) in [5, 5.41) is 11.7. The van der Waals surface area contributed by atoms with E-state index in [0.717, 1.165) is 41.7 Å². The van der Waals surface area contributed by atoms with Crippen molar-refractivity contribution in [3.05, 3.63) is 52.5 Å². The van der Waals surface area contributed by atoms with Gasteiger partial charge in [0, 0.05) is 24.4 Å². The zero-order valence-electron chi connectivity index (χ0n) is 17.3. The average molecular weight is 457 g/mol. The van der Waals surface area contributed by atoms with Gasteiger partial charge in [0.25, 0.3) is 0 Å². The summed E-state index contributed by atoms with van der Waals surface area (Å²) in [6, 6.07) is 12.3. The van der Waals surface area contributed by atoms with Crippen LogP contribution in [0, 0.1) is 0 Å². The summed E-state index contributed by atoms with van der Waals surface area (Å²) in [6.07, 6.45) is 2.91. The quantitative estimate of drug-likeness (QED) is 0.482. The van der Waals surface area contributed by atoms with Gasteiger partial charge >= 0.3 is 0 Å². The SMILES string of the molecule is CN(CC1COc2ccccc2O1)C(=O)CSc1nnc(Cc2cccs2)n1C1CC1. The van der Waals surface area contributed by atoms with Crippen molar-refractivity contribution in [3.63, 3.8) is 0 Å². The first kappa shape index (κ1) is 20.4. The summed E-state index contributed by atoms with van der Waals surface area (Å²) in [6.45, 7) is 0.913. The largest absolute Gasteiger partial charge is 0.486 e. The lowest BCUT2D eigenvalue weighted by molar-refractivity contribution is -0.128. The molecule has 1 aliphatic heterocycles. The van der Waals surface area contributed by atoms with Gasteiger partial charge in [-0.15, -0.1) is 21.5 Å². The zero-order valence-corrected chi connectivity index (χ0v) is 18.9. The van der Waals surface area contributed by atoms with Crippen molar-refractivity contribution >= 4 is 29.0 Å². The lowest BCUT2D eigenvalue weighted by Gasteiger charge is -2.29. The maximum atomic E-state index is 12.7. The van der Waals surface area contributed by atoms with Gasteiger partial charge in [0.2, 0.25) is 5.91 Å². The molecule has 1 fully saturated rings. The van der Waals surface area contributed by atoms with Crippen molar-refractivity contribution in [2.75, 3.05) is 26.0 Å². The van der Waals surface area contributed by atoms with E-state index in [1.165, 1.54) is 16.6 Å². The van der Waals surface area contributed by atoms with Crippen LogP contribution >= 0.6 is 23.1 Å². The zero-order chi connectivity index (χ0) is 21.2. The standard InChI is InChI=1S/C22H24N4O3S2/c1-25(12-16-13-28-18-6-2-3-7-19(18)29-16)21(27)14-31-22-24-23-20(26(22)15-8-9-15)11-17-5-4-10-30-17/h2-7,10,15-16H,8-9,11-14H2,1H3. The predicted octanol–water partition coefficient (Wildman–Crippen LogP) is 3.66. The molecule has 0 saturated heterocycles. The molecule has 31 heavy (non-hydrogen) atoms. The summed E-state index contributed by atoms with van der Waals surface area (Å²) in [4.78, 5) is 15.7. The van der Waals surface area contributed by atoms with Gasteiger partial charge in [0.05, 0.1) is 12.3 Å². The Hall–Kier alpha value is -2.52.